The molecule has 0 aromatic heterocycles. The van der Waals surface area contributed by atoms with Gasteiger partial charge in [-0.25, -0.2) is 0 Å². The van der Waals surface area contributed by atoms with Gasteiger partial charge in [-0.15, -0.1) is 0 Å². The van der Waals surface area contributed by atoms with Crippen LogP contribution in [-0.4, -0.2) is 57.9 Å². The van der Waals surface area contributed by atoms with Crippen LogP contribution in [-0.2, 0) is 4.79 Å². The number of likely N-dealkylation sites (tertiary alicyclic amines) is 1. The molecule has 0 bridgehead atoms. The maximum atomic E-state index is 12.6. The molecule has 1 atom stereocenters. The van der Waals surface area contributed by atoms with Gasteiger partial charge in [-0.1, -0.05) is 48.9 Å². The average Bonchev–Trinajstić information content (AvgIpc) is 2.64. The molecular formula is C20H26ClN3O2. The summed E-state index contributed by atoms with van der Waals surface area (Å²) in [5, 5.41) is 11.3. The van der Waals surface area contributed by atoms with E-state index >= 15 is 0 Å². The van der Waals surface area contributed by atoms with E-state index in [9.17, 15) is 9.90 Å². The number of aliphatic imine (C=N–C) groups is 1. The van der Waals surface area contributed by atoms with Crippen molar-refractivity contribution in [3.8, 4) is 0 Å². The van der Waals surface area contributed by atoms with Gasteiger partial charge < -0.3 is 14.9 Å². The Labute approximate surface area is 160 Å². The minimum atomic E-state index is -0.786. The van der Waals surface area contributed by atoms with E-state index in [1.807, 2.05) is 34.2 Å². The van der Waals surface area contributed by atoms with Gasteiger partial charge in [0, 0.05) is 32.3 Å². The molecular weight excluding hydrogens is 350 g/mol. The van der Waals surface area contributed by atoms with Gasteiger partial charge in [0.25, 0.3) is 0 Å². The van der Waals surface area contributed by atoms with Crippen molar-refractivity contribution in [1.29, 1.82) is 0 Å². The molecule has 0 radical (unpaired) electrons. The van der Waals surface area contributed by atoms with Crippen LogP contribution in [0.4, 0.5) is 0 Å². The predicted molar refractivity (Wildman–Crippen MR) is 104 cm³/mol. The van der Waals surface area contributed by atoms with Crippen molar-refractivity contribution < 1.29 is 9.90 Å². The lowest BCUT2D eigenvalue weighted by Gasteiger charge is -2.41. The van der Waals surface area contributed by atoms with Crippen molar-refractivity contribution in [2.24, 2.45) is 4.99 Å². The first kappa shape index (κ1) is 18.9. The Kier molecular flexibility index (Phi) is 5.99. The van der Waals surface area contributed by atoms with E-state index < -0.39 is 5.60 Å². The lowest BCUT2D eigenvalue weighted by Crippen LogP contribution is -2.51. The minimum Gasteiger partial charge on any atom is -0.388 e. The molecule has 1 amide bonds. The van der Waals surface area contributed by atoms with Crippen LogP contribution < -0.4 is 0 Å². The third-order valence-electron chi connectivity index (χ3n) is 5.22. The number of rotatable bonds is 5. The molecule has 6 heteroatoms. The first-order chi connectivity index (χ1) is 12.5. The van der Waals surface area contributed by atoms with Crippen LogP contribution in [0.5, 0.6) is 0 Å². The van der Waals surface area contributed by atoms with E-state index in [0.717, 1.165) is 0 Å². The van der Waals surface area contributed by atoms with Crippen molar-refractivity contribution in [2.75, 3.05) is 26.3 Å². The Balaban J connectivity index is 1.48. The number of benzene rings is 1. The first-order valence-electron chi connectivity index (χ1n) is 9.12. The molecule has 2 aliphatic rings. The van der Waals surface area contributed by atoms with Gasteiger partial charge in [-0.3, -0.25) is 9.79 Å². The number of allylic oxidation sites excluding steroid dienone is 1. The van der Waals surface area contributed by atoms with Gasteiger partial charge in [-0.2, -0.15) is 0 Å². The summed E-state index contributed by atoms with van der Waals surface area (Å²) < 4.78 is 0. The molecule has 1 aromatic rings. The van der Waals surface area contributed by atoms with E-state index in [0.29, 0.717) is 50.7 Å². The van der Waals surface area contributed by atoms with E-state index in [-0.39, 0.29) is 11.8 Å². The zero-order chi connectivity index (χ0) is 18.6. The van der Waals surface area contributed by atoms with Crippen LogP contribution in [0.1, 0.15) is 37.7 Å². The fraction of sp³-hybridized carbons (Fsp3) is 0.500. The third-order valence-corrected chi connectivity index (χ3v) is 5.47. The SMILES string of the molecule is CC(CC(=O)N1CCC(O)(CN2C=CC(Cl)=NC2)CC1)c1ccccc1. The zero-order valence-corrected chi connectivity index (χ0v) is 15.9. The van der Waals surface area contributed by atoms with Crippen LogP contribution in [0.25, 0.3) is 0 Å². The molecule has 2 aliphatic heterocycles. The van der Waals surface area contributed by atoms with Gasteiger partial charge in [-0.05, 0) is 30.4 Å². The lowest BCUT2D eigenvalue weighted by atomic mass is 9.90. The number of aliphatic hydroxyl groups is 1. The maximum absolute atomic E-state index is 12.6. The summed E-state index contributed by atoms with van der Waals surface area (Å²) in [7, 11) is 0. The number of halogens is 1. The molecule has 0 spiro atoms. The van der Waals surface area contributed by atoms with Crippen molar-refractivity contribution in [3.63, 3.8) is 0 Å². The molecule has 0 aliphatic carbocycles. The Bertz CT molecular complexity index is 682. The number of carbonyl (C=O) groups is 1. The summed E-state index contributed by atoms with van der Waals surface area (Å²) in [5.41, 5.74) is 0.399. The highest BCUT2D eigenvalue weighted by atomic mass is 35.5. The Morgan fingerprint density at radius 2 is 2.00 bits per heavy atom. The van der Waals surface area contributed by atoms with Crippen molar-refractivity contribution in [3.05, 3.63) is 48.2 Å². The summed E-state index contributed by atoms with van der Waals surface area (Å²) in [6.45, 7) is 4.26. The van der Waals surface area contributed by atoms with E-state index in [2.05, 4.69) is 24.0 Å². The van der Waals surface area contributed by atoms with Crippen LogP contribution in [0.2, 0.25) is 0 Å². The molecule has 26 heavy (non-hydrogen) atoms. The second-order valence-electron chi connectivity index (χ2n) is 7.31. The van der Waals surface area contributed by atoms with Crippen molar-refractivity contribution in [2.45, 2.75) is 37.7 Å². The fourth-order valence-electron chi connectivity index (χ4n) is 3.53. The molecule has 1 saturated heterocycles. The standard InChI is InChI=1S/C20H26ClN3O2/c1-16(17-5-3-2-4-6-17)13-19(25)24-11-8-20(26,9-12-24)14-23-10-7-18(21)22-15-23/h2-7,10,16,26H,8-9,11-15H2,1H3. The molecule has 2 heterocycles. The van der Waals surface area contributed by atoms with Gasteiger partial charge in [0.15, 0.2) is 0 Å². The number of β-amino-alcohol motifs (C(OH)–C–C–N with tert-alkyl or cyclic N) is 1. The lowest BCUT2D eigenvalue weighted by molar-refractivity contribution is -0.136. The fourth-order valence-corrected chi connectivity index (χ4v) is 3.64. The molecule has 1 fully saturated rings. The Morgan fingerprint density at radius 3 is 2.62 bits per heavy atom. The Hall–Kier alpha value is -1.85. The number of carbonyl (C=O) groups excluding carboxylic acids is 1. The summed E-state index contributed by atoms with van der Waals surface area (Å²) in [6, 6.07) is 10.1. The smallest absolute Gasteiger partial charge is 0.223 e. The monoisotopic (exact) mass is 375 g/mol. The first-order valence-corrected chi connectivity index (χ1v) is 9.50. The third kappa shape index (κ3) is 4.86. The molecule has 1 N–H and O–H groups in total. The topological polar surface area (TPSA) is 56.1 Å². The predicted octanol–water partition coefficient (Wildman–Crippen LogP) is 2.96. The summed E-state index contributed by atoms with van der Waals surface area (Å²) in [6.07, 6.45) is 5.27. The average molecular weight is 376 g/mol. The quantitative estimate of drug-likeness (QED) is 0.860. The maximum Gasteiger partial charge on any atom is 0.223 e. The number of hydrogen-bond donors (Lipinski definition) is 1. The van der Waals surface area contributed by atoms with Crippen molar-refractivity contribution >= 4 is 22.7 Å². The zero-order valence-electron chi connectivity index (χ0n) is 15.1. The molecule has 1 aromatic carbocycles. The minimum absolute atomic E-state index is 0.164. The number of piperidine rings is 1. The summed E-state index contributed by atoms with van der Waals surface area (Å²) in [5.74, 6) is 0.364. The Morgan fingerprint density at radius 1 is 1.31 bits per heavy atom. The molecule has 1 unspecified atom stereocenters. The normalized spacial score (nSPS) is 20.7. The second kappa shape index (κ2) is 8.23. The van der Waals surface area contributed by atoms with Crippen LogP contribution in [0.15, 0.2) is 47.6 Å². The van der Waals surface area contributed by atoms with Crippen LogP contribution in [0.3, 0.4) is 0 Å². The van der Waals surface area contributed by atoms with Crippen molar-refractivity contribution in [1.82, 2.24) is 9.80 Å². The highest BCUT2D eigenvalue weighted by Gasteiger charge is 2.35. The van der Waals surface area contributed by atoms with Gasteiger partial charge in [0.05, 0.1) is 5.60 Å². The van der Waals surface area contributed by atoms with E-state index in [1.165, 1.54) is 5.56 Å². The number of hydrogen-bond acceptors (Lipinski definition) is 4. The number of nitrogens with zero attached hydrogens (tertiary/aromatic N) is 3. The largest absolute Gasteiger partial charge is 0.388 e. The highest BCUT2D eigenvalue weighted by molar-refractivity contribution is 6.68. The molecule has 5 nitrogen and oxygen atoms in total. The van der Waals surface area contributed by atoms with Crippen LogP contribution >= 0.6 is 11.6 Å². The van der Waals surface area contributed by atoms with E-state index in [4.69, 9.17) is 11.6 Å². The molecule has 3 rings (SSSR count). The summed E-state index contributed by atoms with van der Waals surface area (Å²) in [4.78, 5) is 20.6. The second-order valence-corrected chi connectivity index (χ2v) is 7.69. The van der Waals surface area contributed by atoms with Gasteiger partial charge in [0.2, 0.25) is 5.91 Å². The van der Waals surface area contributed by atoms with Crippen LogP contribution in [0, 0.1) is 0 Å². The summed E-state index contributed by atoms with van der Waals surface area (Å²) >= 11 is 5.83. The molecule has 0 saturated carbocycles. The van der Waals surface area contributed by atoms with E-state index in [1.54, 1.807) is 6.08 Å². The number of amides is 1. The highest BCUT2D eigenvalue weighted by Crippen LogP contribution is 2.26. The molecule has 140 valence electrons. The van der Waals surface area contributed by atoms with Gasteiger partial charge in [0.1, 0.15) is 11.8 Å². The van der Waals surface area contributed by atoms with Gasteiger partial charge >= 0.3 is 0 Å².